The van der Waals surface area contributed by atoms with Crippen molar-refractivity contribution in [1.29, 1.82) is 0 Å². The molecular weight excluding hydrogens is 172 g/mol. The minimum atomic E-state index is 0.820. The number of nitrogens with zero attached hydrogens (tertiary/aromatic N) is 1. The molecule has 0 unspecified atom stereocenters. The summed E-state index contributed by atoms with van der Waals surface area (Å²) in [4.78, 5) is 0. The fraction of sp³-hybridized carbons (Fsp3) is 0.333. The molecule has 3 heteroatoms. The molecule has 64 valence electrons. The number of nitrogens with one attached hydrogen (secondary N) is 1. The molecule has 1 aromatic rings. The summed E-state index contributed by atoms with van der Waals surface area (Å²) in [7, 11) is 2.04. The zero-order valence-corrected chi connectivity index (χ0v) is 7.73. The Morgan fingerprint density at radius 1 is 1.50 bits per heavy atom. The predicted octanol–water partition coefficient (Wildman–Crippen LogP) is 2.15. The molecule has 1 aliphatic heterocycles. The molecule has 0 saturated carbocycles. The third-order valence-corrected chi connectivity index (χ3v) is 2.33. The fourth-order valence-electron chi connectivity index (χ4n) is 1.43. The SMILES string of the molecule is CN1CCc2cc(Cl)ccc2N1. The van der Waals surface area contributed by atoms with Gasteiger partial charge in [-0.3, -0.25) is 0 Å². The summed E-state index contributed by atoms with van der Waals surface area (Å²) in [6.07, 6.45) is 1.07. The summed E-state index contributed by atoms with van der Waals surface area (Å²) in [6.45, 7) is 1.04. The Bertz CT molecular complexity index is 299. The Balaban J connectivity index is 2.37. The number of hydrogen-bond acceptors (Lipinski definition) is 2. The molecule has 2 nitrogen and oxygen atoms in total. The first kappa shape index (κ1) is 7.90. The van der Waals surface area contributed by atoms with Crippen molar-refractivity contribution in [3.05, 3.63) is 28.8 Å². The second kappa shape index (κ2) is 2.96. The number of fused-ring (bicyclic) bond motifs is 1. The second-order valence-electron chi connectivity index (χ2n) is 3.08. The van der Waals surface area contributed by atoms with Crippen molar-refractivity contribution in [2.45, 2.75) is 6.42 Å². The van der Waals surface area contributed by atoms with Crippen molar-refractivity contribution in [2.24, 2.45) is 0 Å². The zero-order valence-electron chi connectivity index (χ0n) is 6.97. The van der Waals surface area contributed by atoms with Crippen LogP contribution in [0.1, 0.15) is 5.56 Å². The Kier molecular flexibility index (Phi) is 1.95. The number of hydrazine groups is 1. The van der Waals surface area contributed by atoms with Gasteiger partial charge in [-0.2, -0.15) is 0 Å². The van der Waals surface area contributed by atoms with Gasteiger partial charge < -0.3 is 5.43 Å². The van der Waals surface area contributed by atoms with Crippen LogP contribution < -0.4 is 5.43 Å². The molecule has 12 heavy (non-hydrogen) atoms. The average molecular weight is 183 g/mol. The highest BCUT2D eigenvalue weighted by molar-refractivity contribution is 6.30. The highest BCUT2D eigenvalue weighted by atomic mass is 35.5. The lowest BCUT2D eigenvalue weighted by atomic mass is 10.1. The molecule has 0 fully saturated rings. The van der Waals surface area contributed by atoms with E-state index < -0.39 is 0 Å². The molecule has 0 saturated heterocycles. The maximum atomic E-state index is 5.87. The second-order valence-corrected chi connectivity index (χ2v) is 3.52. The standard InChI is InChI=1S/C9H11ClN2/c1-12-5-4-7-6-8(10)2-3-9(7)11-12/h2-3,6,11H,4-5H2,1H3. The molecule has 0 spiro atoms. The van der Waals surface area contributed by atoms with E-state index in [1.807, 2.05) is 25.2 Å². The van der Waals surface area contributed by atoms with Gasteiger partial charge in [0.05, 0.1) is 5.69 Å². The van der Waals surface area contributed by atoms with Crippen LogP contribution in [0.15, 0.2) is 18.2 Å². The van der Waals surface area contributed by atoms with E-state index in [0.29, 0.717) is 0 Å². The molecule has 1 aromatic carbocycles. The van der Waals surface area contributed by atoms with E-state index in [1.165, 1.54) is 11.3 Å². The van der Waals surface area contributed by atoms with Gasteiger partial charge >= 0.3 is 0 Å². The average Bonchev–Trinajstić information content (AvgIpc) is 2.05. The van der Waals surface area contributed by atoms with Gasteiger partial charge in [0, 0.05) is 18.6 Å². The largest absolute Gasteiger partial charge is 0.319 e. The van der Waals surface area contributed by atoms with Crippen molar-refractivity contribution < 1.29 is 0 Å². The molecule has 0 radical (unpaired) electrons. The summed E-state index contributed by atoms with van der Waals surface area (Å²) in [6, 6.07) is 5.96. The Hall–Kier alpha value is -0.730. The Labute approximate surface area is 77.1 Å². The fourth-order valence-corrected chi connectivity index (χ4v) is 1.62. The topological polar surface area (TPSA) is 15.3 Å². The minimum absolute atomic E-state index is 0.820. The van der Waals surface area contributed by atoms with Crippen LogP contribution >= 0.6 is 11.6 Å². The van der Waals surface area contributed by atoms with E-state index in [4.69, 9.17) is 11.6 Å². The van der Waals surface area contributed by atoms with Gasteiger partial charge in [-0.25, -0.2) is 5.01 Å². The number of anilines is 1. The van der Waals surface area contributed by atoms with Gasteiger partial charge in [0.15, 0.2) is 0 Å². The smallest absolute Gasteiger partial charge is 0.0523 e. The van der Waals surface area contributed by atoms with Crippen LogP contribution in [0.25, 0.3) is 0 Å². The summed E-state index contributed by atoms with van der Waals surface area (Å²) in [5, 5.41) is 2.90. The lowest BCUT2D eigenvalue weighted by molar-refractivity contribution is 0.392. The monoisotopic (exact) mass is 182 g/mol. The van der Waals surface area contributed by atoms with Gasteiger partial charge in [0.25, 0.3) is 0 Å². The summed E-state index contributed by atoms with van der Waals surface area (Å²) in [5.74, 6) is 0. The Morgan fingerprint density at radius 3 is 3.17 bits per heavy atom. The highest BCUT2D eigenvalue weighted by Gasteiger charge is 2.11. The first-order chi connectivity index (χ1) is 5.75. The third kappa shape index (κ3) is 1.40. The van der Waals surface area contributed by atoms with Crippen LogP contribution in [-0.2, 0) is 6.42 Å². The number of halogens is 1. The van der Waals surface area contributed by atoms with E-state index in [0.717, 1.165) is 18.0 Å². The molecule has 1 N–H and O–H groups in total. The molecule has 0 amide bonds. The highest BCUT2D eigenvalue weighted by Crippen LogP contribution is 2.24. The summed E-state index contributed by atoms with van der Waals surface area (Å²) >= 11 is 5.87. The summed E-state index contributed by atoms with van der Waals surface area (Å²) in [5.41, 5.74) is 5.74. The predicted molar refractivity (Wildman–Crippen MR) is 51.4 cm³/mol. The van der Waals surface area contributed by atoms with Crippen LogP contribution in [0.2, 0.25) is 5.02 Å². The van der Waals surface area contributed by atoms with E-state index in [9.17, 15) is 0 Å². The molecule has 0 aliphatic carbocycles. The molecule has 2 rings (SSSR count). The van der Waals surface area contributed by atoms with Crippen LogP contribution in [0.5, 0.6) is 0 Å². The minimum Gasteiger partial charge on any atom is -0.319 e. The van der Waals surface area contributed by atoms with Crippen LogP contribution in [-0.4, -0.2) is 18.6 Å². The lowest BCUT2D eigenvalue weighted by Crippen LogP contribution is -2.32. The van der Waals surface area contributed by atoms with Gasteiger partial charge in [0.1, 0.15) is 0 Å². The third-order valence-electron chi connectivity index (χ3n) is 2.10. The van der Waals surface area contributed by atoms with E-state index in [2.05, 4.69) is 10.4 Å². The van der Waals surface area contributed by atoms with Crippen molar-refractivity contribution in [1.82, 2.24) is 5.01 Å². The van der Waals surface area contributed by atoms with Crippen LogP contribution in [0, 0.1) is 0 Å². The van der Waals surface area contributed by atoms with Crippen LogP contribution in [0.3, 0.4) is 0 Å². The molecule has 1 heterocycles. The number of hydrogen-bond donors (Lipinski definition) is 1. The van der Waals surface area contributed by atoms with Gasteiger partial charge in [-0.15, -0.1) is 0 Å². The van der Waals surface area contributed by atoms with Crippen LogP contribution in [0.4, 0.5) is 5.69 Å². The van der Waals surface area contributed by atoms with Crippen molar-refractivity contribution >= 4 is 17.3 Å². The maximum Gasteiger partial charge on any atom is 0.0523 e. The molecule has 1 aliphatic rings. The number of rotatable bonds is 0. The molecule has 0 bridgehead atoms. The first-order valence-electron chi connectivity index (χ1n) is 4.02. The van der Waals surface area contributed by atoms with Gasteiger partial charge in [-0.1, -0.05) is 11.6 Å². The maximum absolute atomic E-state index is 5.87. The molecule has 0 atom stereocenters. The van der Waals surface area contributed by atoms with E-state index >= 15 is 0 Å². The van der Waals surface area contributed by atoms with E-state index in [-0.39, 0.29) is 0 Å². The zero-order chi connectivity index (χ0) is 8.55. The normalized spacial score (nSPS) is 16.8. The molecule has 0 aromatic heterocycles. The quantitative estimate of drug-likeness (QED) is 0.662. The van der Waals surface area contributed by atoms with Gasteiger partial charge in [0.2, 0.25) is 0 Å². The summed E-state index contributed by atoms with van der Waals surface area (Å²) < 4.78 is 0. The van der Waals surface area contributed by atoms with Crippen molar-refractivity contribution in [3.63, 3.8) is 0 Å². The lowest BCUT2D eigenvalue weighted by Gasteiger charge is -2.26. The van der Waals surface area contributed by atoms with Crippen molar-refractivity contribution in [2.75, 3.05) is 19.0 Å². The van der Waals surface area contributed by atoms with Gasteiger partial charge in [-0.05, 0) is 30.2 Å². The number of benzene rings is 1. The van der Waals surface area contributed by atoms with E-state index in [1.54, 1.807) is 0 Å². The molecular formula is C9H11ClN2. The first-order valence-corrected chi connectivity index (χ1v) is 4.40. The van der Waals surface area contributed by atoms with Crippen molar-refractivity contribution in [3.8, 4) is 0 Å². The number of likely N-dealkylation sites (N-methyl/N-ethyl adjacent to an activating group) is 1. The Morgan fingerprint density at radius 2 is 2.33 bits per heavy atom.